The van der Waals surface area contributed by atoms with E-state index in [0.717, 1.165) is 44.9 Å². The van der Waals surface area contributed by atoms with Gasteiger partial charge in [-0.15, -0.1) is 0 Å². The van der Waals surface area contributed by atoms with E-state index < -0.39 is 11.9 Å². The molecule has 2 aromatic carbocycles. The van der Waals surface area contributed by atoms with Crippen molar-refractivity contribution >= 4 is 11.9 Å². The number of rotatable bonds is 11. The average molecular weight is 525 g/mol. The van der Waals surface area contributed by atoms with E-state index in [0.29, 0.717) is 53.4 Å². The summed E-state index contributed by atoms with van der Waals surface area (Å²) < 4.78 is 11.0. The molecule has 1 saturated carbocycles. The molecule has 0 amide bonds. The van der Waals surface area contributed by atoms with Gasteiger partial charge in [-0.25, -0.2) is 14.5 Å². The van der Waals surface area contributed by atoms with E-state index in [2.05, 4.69) is 0 Å². The Morgan fingerprint density at radius 3 is 1.87 bits per heavy atom. The van der Waals surface area contributed by atoms with Crippen molar-refractivity contribution in [1.82, 2.24) is 0 Å². The molecule has 0 radical (unpaired) electrons. The van der Waals surface area contributed by atoms with Gasteiger partial charge in [-0.3, -0.25) is 9.78 Å². The molecule has 8 nitrogen and oxygen atoms in total. The molecular weight excluding hydrogens is 488 g/mol. The van der Waals surface area contributed by atoms with Crippen molar-refractivity contribution in [3.8, 4) is 11.5 Å². The minimum Gasteiger partial charge on any atom is -0.493 e. The fourth-order valence-corrected chi connectivity index (χ4v) is 5.12. The minimum atomic E-state index is -0.572. The summed E-state index contributed by atoms with van der Waals surface area (Å²) in [5.74, 6) is 1.65. The van der Waals surface area contributed by atoms with Gasteiger partial charge in [-0.2, -0.15) is 4.89 Å². The van der Waals surface area contributed by atoms with Gasteiger partial charge in [-0.05, 0) is 94.5 Å². The van der Waals surface area contributed by atoms with Crippen LogP contribution in [0.15, 0.2) is 60.4 Å². The van der Waals surface area contributed by atoms with E-state index in [4.69, 9.17) is 29.0 Å². The molecule has 0 bridgehead atoms. The summed E-state index contributed by atoms with van der Waals surface area (Å²) in [6.45, 7) is 4.65. The first kappa shape index (κ1) is 27.5. The minimum absolute atomic E-state index is 0.105. The van der Waals surface area contributed by atoms with Gasteiger partial charge in [-0.1, -0.05) is 24.3 Å². The Balaban J connectivity index is 1.18. The Hall–Kier alpha value is -3.52. The molecule has 0 heterocycles. The maximum Gasteiger partial charge on any atom is 0.389 e. The van der Waals surface area contributed by atoms with Crippen molar-refractivity contribution in [2.24, 2.45) is 11.8 Å². The maximum atomic E-state index is 12.5. The van der Waals surface area contributed by atoms with E-state index in [1.165, 1.54) is 0 Å². The van der Waals surface area contributed by atoms with Crippen LogP contribution in [-0.4, -0.2) is 31.3 Å². The molecule has 4 rings (SSSR count). The Labute approximate surface area is 223 Å². The molecule has 2 aromatic rings. The summed E-state index contributed by atoms with van der Waals surface area (Å²) >= 11 is 0. The van der Waals surface area contributed by atoms with Gasteiger partial charge in [0.25, 0.3) is 0 Å². The Kier molecular flexibility index (Phi) is 10.0. The number of allylic oxidation sites excluding steroid dienone is 2. The van der Waals surface area contributed by atoms with Crippen LogP contribution in [0.2, 0.25) is 0 Å². The standard InChI is InChI=1S/C30H36O8/c1-3-33-27-11-7-5-9-25(27)29(31)37-35-23-17-13-21(14-18-23)22-15-19-24(20-16-22)36-38-30(32)26-10-6-8-12-28(26)34-4-2/h5-12,17,21-22,24H,3-4,13-16,18-20H2,1-2H3. The third-order valence-electron chi connectivity index (χ3n) is 7.09. The highest BCUT2D eigenvalue weighted by atomic mass is 17.2. The lowest BCUT2D eigenvalue weighted by Gasteiger charge is -2.34. The third kappa shape index (κ3) is 7.28. The van der Waals surface area contributed by atoms with Crippen molar-refractivity contribution in [3.63, 3.8) is 0 Å². The first-order valence-corrected chi connectivity index (χ1v) is 13.5. The smallest absolute Gasteiger partial charge is 0.389 e. The van der Waals surface area contributed by atoms with Crippen molar-refractivity contribution in [1.29, 1.82) is 0 Å². The predicted octanol–water partition coefficient (Wildman–Crippen LogP) is 6.60. The van der Waals surface area contributed by atoms with Crippen molar-refractivity contribution in [2.45, 2.75) is 64.9 Å². The lowest BCUT2D eigenvalue weighted by molar-refractivity contribution is -0.281. The van der Waals surface area contributed by atoms with Crippen molar-refractivity contribution in [3.05, 3.63) is 71.5 Å². The van der Waals surface area contributed by atoms with Gasteiger partial charge in [0.15, 0.2) is 5.76 Å². The van der Waals surface area contributed by atoms with E-state index in [1.807, 2.05) is 32.1 Å². The summed E-state index contributed by atoms with van der Waals surface area (Å²) in [7, 11) is 0. The highest BCUT2D eigenvalue weighted by Gasteiger charge is 2.31. The number of para-hydroxylation sites is 2. The Bertz CT molecular complexity index is 1100. The molecule has 0 saturated heterocycles. The third-order valence-corrected chi connectivity index (χ3v) is 7.09. The fraction of sp³-hybridized carbons (Fsp3) is 0.467. The zero-order valence-electron chi connectivity index (χ0n) is 22.1. The van der Waals surface area contributed by atoms with Crippen molar-refractivity contribution < 1.29 is 38.6 Å². The second kappa shape index (κ2) is 13.9. The molecule has 204 valence electrons. The van der Waals surface area contributed by atoms with E-state index in [-0.39, 0.29) is 6.10 Å². The molecular formula is C30H36O8. The van der Waals surface area contributed by atoms with Crippen molar-refractivity contribution in [2.75, 3.05) is 13.2 Å². The molecule has 0 aromatic heterocycles. The monoisotopic (exact) mass is 524 g/mol. The number of hydrogen-bond acceptors (Lipinski definition) is 8. The van der Waals surface area contributed by atoms with Crippen LogP contribution in [-0.2, 0) is 19.6 Å². The molecule has 2 aliphatic rings. The highest BCUT2D eigenvalue weighted by molar-refractivity contribution is 5.92. The first-order chi connectivity index (χ1) is 18.6. The lowest BCUT2D eigenvalue weighted by Crippen LogP contribution is -2.28. The molecule has 1 unspecified atom stereocenters. The average Bonchev–Trinajstić information content (AvgIpc) is 2.96. The molecule has 1 atom stereocenters. The van der Waals surface area contributed by atoms with Gasteiger partial charge in [0, 0.05) is 6.42 Å². The number of hydrogen-bond donors (Lipinski definition) is 0. The van der Waals surface area contributed by atoms with E-state index in [9.17, 15) is 9.59 Å². The zero-order chi connectivity index (χ0) is 26.7. The SMILES string of the molecule is CCOc1ccccc1C(=O)OOC1=CCC(C2CCC(OOC(=O)c3ccccc3OCC)CC2)CC1. The van der Waals surface area contributed by atoms with Gasteiger partial charge >= 0.3 is 11.9 Å². The van der Waals surface area contributed by atoms with Crippen LogP contribution in [0.3, 0.4) is 0 Å². The number of ether oxygens (including phenoxy) is 2. The second-order valence-corrected chi connectivity index (χ2v) is 9.52. The highest BCUT2D eigenvalue weighted by Crippen LogP contribution is 2.39. The Morgan fingerprint density at radius 2 is 1.32 bits per heavy atom. The normalized spacial score (nSPS) is 21.1. The molecule has 1 fully saturated rings. The quantitative estimate of drug-likeness (QED) is 0.240. The molecule has 0 aliphatic heterocycles. The number of carbonyl (C=O) groups excluding carboxylic acids is 2. The second-order valence-electron chi connectivity index (χ2n) is 9.52. The maximum absolute atomic E-state index is 12.5. The summed E-state index contributed by atoms with van der Waals surface area (Å²) in [5, 5.41) is 0. The number of carbonyl (C=O) groups is 2. The largest absolute Gasteiger partial charge is 0.493 e. The van der Waals surface area contributed by atoms with E-state index in [1.54, 1.807) is 36.4 Å². The van der Waals surface area contributed by atoms with Gasteiger partial charge in [0.2, 0.25) is 0 Å². The molecule has 2 aliphatic carbocycles. The van der Waals surface area contributed by atoms with Crippen LogP contribution in [0.1, 0.15) is 79.5 Å². The van der Waals surface area contributed by atoms with Gasteiger partial charge in [0.05, 0.1) is 13.2 Å². The van der Waals surface area contributed by atoms with Crippen LogP contribution in [0.25, 0.3) is 0 Å². The summed E-state index contributed by atoms with van der Waals surface area (Å²) in [5.41, 5.74) is 0.700. The summed E-state index contributed by atoms with van der Waals surface area (Å²) in [6.07, 6.45) is 8.18. The van der Waals surface area contributed by atoms with Crippen LogP contribution in [0, 0.1) is 11.8 Å². The van der Waals surface area contributed by atoms with E-state index >= 15 is 0 Å². The molecule has 38 heavy (non-hydrogen) atoms. The summed E-state index contributed by atoms with van der Waals surface area (Å²) in [6, 6.07) is 13.9. The lowest BCUT2D eigenvalue weighted by atomic mass is 9.74. The summed E-state index contributed by atoms with van der Waals surface area (Å²) in [4.78, 5) is 46.0. The predicted molar refractivity (Wildman–Crippen MR) is 139 cm³/mol. The first-order valence-electron chi connectivity index (χ1n) is 13.5. The van der Waals surface area contributed by atoms with Crippen LogP contribution in [0.4, 0.5) is 0 Å². The zero-order valence-corrected chi connectivity index (χ0v) is 22.1. The Morgan fingerprint density at radius 1 is 0.737 bits per heavy atom. The van der Waals surface area contributed by atoms with Gasteiger partial charge in [0.1, 0.15) is 28.7 Å². The van der Waals surface area contributed by atoms with Crippen LogP contribution >= 0.6 is 0 Å². The molecule has 0 N–H and O–H groups in total. The molecule has 8 heteroatoms. The van der Waals surface area contributed by atoms with Crippen LogP contribution < -0.4 is 9.47 Å². The van der Waals surface area contributed by atoms with Gasteiger partial charge < -0.3 is 9.47 Å². The number of benzene rings is 2. The molecule has 0 spiro atoms. The fourth-order valence-electron chi connectivity index (χ4n) is 5.12. The topological polar surface area (TPSA) is 89.5 Å². The van der Waals surface area contributed by atoms with Crippen LogP contribution in [0.5, 0.6) is 11.5 Å².